The van der Waals surface area contributed by atoms with Gasteiger partial charge in [-0.15, -0.1) is 0 Å². The molecule has 45 heavy (non-hydrogen) atoms. The lowest BCUT2D eigenvalue weighted by Crippen LogP contribution is -2.60. The van der Waals surface area contributed by atoms with Crippen molar-refractivity contribution in [2.75, 3.05) is 13.2 Å². The van der Waals surface area contributed by atoms with Gasteiger partial charge in [0.2, 0.25) is 12.6 Å². The summed E-state index contributed by atoms with van der Waals surface area (Å²) in [6, 6.07) is 3.55. The number of hydrogen-bond donors (Lipinski definition) is 8. The molecule has 0 bridgehead atoms. The first-order valence-electron chi connectivity index (χ1n) is 15.8. The van der Waals surface area contributed by atoms with E-state index in [1.165, 1.54) is 5.57 Å². The van der Waals surface area contributed by atoms with E-state index in [2.05, 4.69) is 13.0 Å². The van der Waals surface area contributed by atoms with Crippen LogP contribution < -0.4 is 9.47 Å². The molecule has 2 heterocycles. The van der Waals surface area contributed by atoms with Gasteiger partial charge >= 0.3 is 0 Å². The van der Waals surface area contributed by atoms with Crippen molar-refractivity contribution in [2.45, 2.75) is 134 Å². The van der Waals surface area contributed by atoms with Gasteiger partial charge in [-0.25, -0.2) is 0 Å². The number of aryl methyl sites for hydroxylation is 1. The average Bonchev–Trinajstić information content (AvgIpc) is 3.01. The Labute approximate surface area is 265 Å². The molecule has 256 valence electrons. The summed E-state index contributed by atoms with van der Waals surface area (Å²) < 4.78 is 23.6. The SMILES string of the molecule is CCCCCc1cc(O[C@@H]2O[C@H](CO)[C@@H](O)[C@H](O)[C@H]2O)c(C/C=C(\C)CCC=C(C)C)c(O[C@@H]2O[C@H](CO)[C@@H](O)[C@H](O)[C@H]2O)c1. The summed E-state index contributed by atoms with van der Waals surface area (Å²) in [5, 5.41) is 82.2. The number of aliphatic hydroxyl groups is 8. The van der Waals surface area contributed by atoms with Crippen LogP contribution in [0.1, 0.15) is 70.9 Å². The molecule has 2 saturated heterocycles. The molecule has 0 amide bonds. The van der Waals surface area contributed by atoms with Gasteiger partial charge in [-0.1, -0.05) is 43.1 Å². The summed E-state index contributed by atoms with van der Waals surface area (Å²) in [7, 11) is 0. The van der Waals surface area contributed by atoms with E-state index in [-0.39, 0.29) is 17.9 Å². The number of allylic oxidation sites excluding steroid dienone is 4. The van der Waals surface area contributed by atoms with E-state index in [0.29, 0.717) is 12.0 Å². The summed E-state index contributed by atoms with van der Waals surface area (Å²) in [6.45, 7) is 6.91. The molecule has 3 rings (SSSR count). The molecule has 12 nitrogen and oxygen atoms in total. The van der Waals surface area contributed by atoms with Gasteiger partial charge in [-0.05, 0) is 70.6 Å². The van der Waals surface area contributed by atoms with Gasteiger partial charge in [0.1, 0.15) is 60.3 Å². The second-order valence-corrected chi connectivity index (χ2v) is 12.2. The Hall–Kier alpha value is -2.10. The predicted octanol–water partition coefficient (Wildman–Crippen LogP) is 1.01. The zero-order valence-electron chi connectivity index (χ0n) is 26.7. The van der Waals surface area contributed by atoms with Crippen LogP contribution in [0.5, 0.6) is 11.5 Å². The van der Waals surface area contributed by atoms with Crippen molar-refractivity contribution in [3.05, 3.63) is 46.6 Å². The van der Waals surface area contributed by atoms with Crippen LogP contribution in [0.3, 0.4) is 0 Å². The second-order valence-electron chi connectivity index (χ2n) is 12.2. The number of benzene rings is 1. The Morgan fingerprint density at radius 1 is 0.733 bits per heavy atom. The molecular formula is C33H52O12. The molecule has 0 radical (unpaired) electrons. The number of hydrogen-bond acceptors (Lipinski definition) is 12. The van der Waals surface area contributed by atoms with Gasteiger partial charge in [0.25, 0.3) is 0 Å². The molecular weight excluding hydrogens is 588 g/mol. The van der Waals surface area contributed by atoms with Gasteiger partial charge in [0.15, 0.2) is 0 Å². The number of aliphatic hydroxyl groups excluding tert-OH is 8. The van der Waals surface area contributed by atoms with E-state index in [0.717, 1.165) is 43.2 Å². The maximum Gasteiger partial charge on any atom is 0.229 e. The first-order chi connectivity index (χ1) is 21.4. The maximum atomic E-state index is 10.7. The number of ether oxygens (including phenoxy) is 4. The molecule has 0 saturated carbocycles. The topological polar surface area (TPSA) is 199 Å². The summed E-state index contributed by atoms with van der Waals surface area (Å²) >= 11 is 0. The zero-order valence-corrected chi connectivity index (χ0v) is 26.7. The third-order valence-electron chi connectivity index (χ3n) is 8.23. The quantitative estimate of drug-likeness (QED) is 0.100. The normalized spacial score (nSPS) is 32.3. The standard InChI is InChI=1S/C33H52O12/c1-5-6-7-11-20-14-22(42-32-30(40)28(38)26(36)24(16-34)44-32)21(13-12-19(4)10-8-9-18(2)3)23(15-20)43-33-31(41)29(39)27(37)25(17-35)45-33/h9,12,14-15,24-41H,5-8,10-11,13,16-17H2,1-4H3/b19-12+/t24-,25-,26-,27-,28+,29+,30-,31-,32-,33-/m1/s1. The molecule has 0 aliphatic carbocycles. The van der Waals surface area contributed by atoms with Gasteiger partial charge in [-0.3, -0.25) is 0 Å². The molecule has 0 unspecified atom stereocenters. The molecule has 2 aliphatic rings. The van der Waals surface area contributed by atoms with E-state index in [1.807, 2.05) is 26.8 Å². The monoisotopic (exact) mass is 640 g/mol. The highest BCUT2D eigenvalue weighted by molar-refractivity contribution is 5.50. The number of unbranched alkanes of at least 4 members (excludes halogenated alkanes) is 2. The Kier molecular flexibility index (Phi) is 14.7. The van der Waals surface area contributed by atoms with Crippen LogP contribution in [0.2, 0.25) is 0 Å². The Bertz CT molecular complexity index is 1060. The fourth-order valence-corrected chi connectivity index (χ4v) is 5.36. The summed E-state index contributed by atoms with van der Waals surface area (Å²) in [5.41, 5.74) is 3.56. The Morgan fingerprint density at radius 2 is 1.24 bits per heavy atom. The fourth-order valence-electron chi connectivity index (χ4n) is 5.36. The van der Waals surface area contributed by atoms with Crippen molar-refractivity contribution in [3.8, 4) is 11.5 Å². The average molecular weight is 641 g/mol. The van der Waals surface area contributed by atoms with E-state index in [4.69, 9.17) is 18.9 Å². The van der Waals surface area contributed by atoms with Crippen molar-refractivity contribution in [3.63, 3.8) is 0 Å². The lowest BCUT2D eigenvalue weighted by atomic mass is 9.98. The molecule has 12 heteroatoms. The lowest BCUT2D eigenvalue weighted by Gasteiger charge is -2.40. The minimum absolute atomic E-state index is 0.237. The van der Waals surface area contributed by atoms with Crippen molar-refractivity contribution in [1.82, 2.24) is 0 Å². The molecule has 1 aromatic rings. The van der Waals surface area contributed by atoms with Crippen molar-refractivity contribution >= 4 is 0 Å². The van der Waals surface area contributed by atoms with E-state index in [1.54, 1.807) is 12.1 Å². The minimum Gasteiger partial charge on any atom is -0.462 e. The Morgan fingerprint density at radius 3 is 1.69 bits per heavy atom. The van der Waals surface area contributed by atoms with Crippen LogP contribution in [-0.4, -0.2) is 115 Å². The van der Waals surface area contributed by atoms with Gasteiger partial charge in [0.05, 0.1) is 13.2 Å². The predicted molar refractivity (Wildman–Crippen MR) is 165 cm³/mol. The van der Waals surface area contributed by atoms with Gasteiger partial charge < -0.3 is 59.8 Å². The van der Waals surface area contributed by atoms with Crippen LogP contribution in [0.15, 0.2) is 35.4 Å². The molecule has 2 aliphatic heterocycles. The van der Waals surface area contributed by atoms with E-state index < -0.39 is 74.6 Å². The van der Waals surface area contributed by atoms with E-state index >= 15 is 0 Å². The van der Waals surface area contributed by atoms with Crippen LogP contribution in [-0.2, 0) is 22.3 Å². The minimum atomic E-state index is -1.64. The first kappa shape index (κ1) is 37.4. The van der Waals surface area contributed by atoms with Crippen molar-refractivity contribution in [2.24, 2.45) is 0 Å². The summed E-state index contributed by atoms with van der Waals surface area (Å²) in [4.78, 5) is 0. The highest BCUT2D eigenvalue weighted by atomic mass is 16.7. The van der Waals surface area contributed by atoms with Crippen molar-refractivity contribution in [1.29, 1.82) is 0 Å². The third kappa shape index (κ3) is 9.94. The third-order valence-corrected chi connectivity index (χ3v) is 8.23. The zero-order chi connectivity index (χ0) is 33.3. The first-order valence-corrected chi connectivity index (χ1v) is 15.8. The fraction of sp³-hybridized carbons (Fsp3) is 0.697. The molecule has 0 aromatic heterocycles. The van der Waals surface area contributed by atoms with Gasteiger partial charge in [0, 0.05) is 5.56 Å². The largest absolute Gasteiger partial charge is 0.462 e. The van der Waals surface area contributed by atoms with Crippen LogP contribution in [0, 0.1) is 0 Å². The molecule has 1 aromatic carbocycles. The molecule has 8 N–H and O–H groups in total. The van der Waals surface area contributed by atoms with Crippen LogP contribution in [0.4, 0.5) is 0 Å². The lowest BCUT2D eigenvalue weighted by molar-refractivity contribution is -0.278. The highest BCUT2D eigenvalue weighted by Gasteiger charge is 2.46. The smallest absolute Gasteiger partial charge is 0.229 e. The van der Waals surface area contributed by atoms with E-state index in [9.17, 15) is 40.9 Å². The maximum absolute atomic E-state index is 10.7. The number of rotatable bonds is 15. The van der Waals surface area contributed by atoms with Gasteiger partial charge in [-0.2, -0.15) is 0 Å². The Balaban J connectivity index is 2.06. The van der Waals surface area contributed by atoms with Crippen LogP contribution in [0.25, 0.3) is 0 Å². The van der Waals surface area contributed by atoms with Crippen LogP contribution >= 0.6 is 0 Å². The summed E-state index contributed by atoms with van der Waals surface area (Å²) in [5.74, 6) is 0.475. The molecule has 0 spiro atoms. The second kappa shape index (κ2) is 17.7. The molecule has 10 atom stereocenters. The summed E-state index contributed by atoms with van der Waals surface area (Å²) in [6.07, 6.45) is -5.45. The van der Waals surface area contributed by atoms with Crippen molar-refractivity contribution < 1.29 is 59.8 Å². The molecule has 2 fully saturated rings. The highest BCUT2D eigenvalue weighted by Crippen LogP contribution is 2.37.